The van der Waals surface area contributed by atoms with E-state index in [4.69, 9.17) is 0 Å². The van der Waals surface area contributed by atoms with Gasteiger partial charge in [0.15, 0.2) is 0 Å². The summed E-state index contributed by atoms with van der Waals surface area (Å²) in [6.07, 6.45) is 0. The van der Waals surface area contributed by atoms with Crippen LogP contribution in [0.1, 0.15) is 44.3 Å². The number of nitrogens with one attached hydrogen (secondary N) is 1. The molecule has 3 rings (SSSR count). The second-order valence-corrected chi connectivity index (χ2v) is 7.09. The van der Waals surface area contributed by atoms with Crippen LogP contribution in [0.2, 0.25) is 0 Å². The summed E-state index contributed by atoms with van der Waals surface area (Å²) in [5.41, 5.74) is 5.18. The Kier molecular flexibility index (Phi) is 5.49. The summed E-state index contributed by atoms with van der Waals surface area (Å²) in [4.78, 5) is 23.4. The van der Waals surface area contributed by atoms with Gasteiger partial charge in [-0.3, -0.25) is 24.3 Å². The summed E-state index contributed by atoms with van der Waals surface area (Å²) in [7, 11) is 1.88. The molecule has 0 unspecified atom stereocenters. The molecule has 9 nitrogen and oxygen atoms in total. The maximum absolute atomic E-state index is 12.6. The number of nitro groups is 1. The summed E-state index contributed by atoms with van der Waals surface area (Å²) in [6.45, 7) is 7.93. The number of hydrogen-bond donors (Lipinski definition) is 1. The number of rotatable bonds is 6. The van der Waals surface area contributed by atoms with E-state index >= 15 is 0 Å². The van der Waals surface area contributed by atoms with Gasteiger partial charge in [0, 0.05) is 30.4 Å². The molecule has 1 aromatic carbocycles. The maximum Gasteiger partial charge on any atom is 0.312 e. The van der Waals surface area contributed by atoms with E-state index in [2.05, 4.69) is 15.5 Å². The first-order chi connectivity index (χ1) is 13.7. The third-order valence-corrected chi connectivity index (χ3v) is 5.13. The smallest absolute Gasteiger partial charge is 0.312 e. The molecule has 0 saturated heterocycles. The van der Waals surface area contributed by atoms with Gasteiger partial charge in [-0.05, 0) is 45.4 Å². The first-order valence-corrected chi connectivity index (χ1v) is 9.23. The topological polar surface area (TPSA) is 108 Å². The number of benzene rings is 1. The fraction of sp³-hybridized carbons (Fsp3) is 0.350. The van der Waals surface area contributed by atoms with Crippen LogP contribution >= 0.6 is 0 Å². The van der Waals surface area contributed by atoms with Gasteiger partial charge in [-0.1, -0.05) is 12.1 Å². The van der Waals surface area contributed by atoms with Crippen LogP contribution in [0.15, 0.2) is 24.3 Å². The summed E-state index contributed by atoms with van der Waals surface area (Å²) >= 11 is 0. The number of aromatic nitrogens is 4. The van der Waals surface area contributed by atoms with E-state index < -0.39 is 4.92 Å². The molecule has 0 saturated carbocycles. The van der Waals surface area contributed by atoms with Gasteiger partial charge in [0.25, 0.3) is 5.91 Å². The lowest BCUT2D eigenvalue weighted by atomic mass is 10.1. The summed E-state index contributed by atoms with van der Waals surface area (Å²) in [5, 5.41) is 22.7. The average molecular weight is 396 g/mol. The van der Waals surface area contributed by atoms with Gasteiger partial charge >= 0.3 is 5.69 Å². The van der Waals surface area contributed by atoms with Crippen molar-refractivity contribution in [1.82, 2.24) is 24.9 Å². The molecule has 0 radical (unpaired) electrons. The predicted molar refractivity (Wildman–Crippen MR) is 108 cm³/mol. The monoisotopic (exact) mass is 396 g/mol. The molecule has 1 amide bonds. The van der Waals surface area contributed by atoms with Crippen molar-refractivity contribution in [2.45, 2.75) is 40.8 Å². The van der Waals surface area contributed by atoms with Gasteiger partial charge in [0.05, 0.1) is 17.2 Å². The van der Waals surface area contributed by atoms with Crippen LogP contribution in [0.4, 0.5) is 5.69 Å². The van der Waals surface area contributed by atoms with E-state index in [1.165, 1.54) is 0 Å². The largest absolute Gasteiger partial charge is 0.348 e. The van der Waals surface area contributed by atoms with Crippen LogP contribution in [0.5, 0.6) is 0 Å². The minimum Gasteiger partial charge on any atom is -0.348 e. The Morgan fingerprint density at radius 2 is 1.86 bits per heavy atom. The molecular formula is C20H24N6O3. The van der Waals surface area contributed by atoms with Gasteiger partial charge in [-0.25, -0.2) is 0 Å². The second kappa shape index (κ2) is 7.86. The molecule has 0 fully saturated rings. The molecule has 0 atom stereocenters. The Morgan fingerprint density at radius 3 is 2.45 bits per heavy atom. The first kappa shape index (κ1) is 20.2. The van der Waals surface area contributed by atoms with Crippen LogP contribution in [0, 0.1) is 37.8 Å². The summed E-state index contributed by atoms with van der Waals surface area (Å²) in [6, 6.07) is 7.19. The van der Waals surface area contributed by atoms with Gasteiger partial charge in [0.2, 0.25) is 0 Å². The summed E-state index contributed by atoms with van der Waals surface area (Å²) < 4.78 is 3.39. The Bertz CT molecular complexity index is 1100. The molecule has 2 aromatic heterocycles. The Labute approximate surface area is 168 Å². The minimum absolute atomic E-state index is 0.0288. The molecule has 9 heteroatoms. The summed E-state index contributed by atoms with van der Waals surface area (Å²) in [5.74, 6) is -0.186. The van der Waals surface area contributed by atoms with Crippen molar-refractivity contribution in [2.75, 3.05) is 0 Å². The van der Waals surface area contributed by atoms with Gasteiger partial charge < -0.3 is 5.32 Å². The molecule has 29 heavy (non-hydrogen) atoms. The molecule has 0 bridgehead atoms. The highest BCUT2D eigenvalue weighted by molar-refractivity contribution is 5.94. The average Bonchev–Trinajstić information content (AvgIpc) is 3.07. The van der Waals surface area contributed by atoms with Gasteiger partial charge in [-0.15, -0.1) is 0 Å². The van der Waals surface area contributed by atoms with Crippen molar-refractivity contribution in [3.8, 4) is 0 Å². The molecule has 0 aliphatic heterocycles. The quantitative estimate of drug-likeness (QED) is 0.509. The number of carbonyl (C=O) groups is 1. The minimum atomic E-state index is -0.416. The van der Waals surface area contributed by atoms with Gasteiger partial charge in [0.1, 0.15) is 11.4 Å². The maximum atomic E-state index is 12.6. The van der Waals surface area contributed by atoms with E-state index in [1.807, 2.05) is 27.0 Å². The third kappa shape index (κ3) is 4.03. The molecule has 0 aliphatic carbocycles. The van der Waals surface area contributed by atoms with E-state index in [9.17, 15) is 14.9 Å². The van der Waals surface area contributed by atoms with Crippen LogP contribution < -0.4 is 5.32 Å². The third-order valence-electron chi connectivity index (χ3n) is 5.13. The van der Waals surface area contributed by atoms with Gasteiger partial charge in [-0.2, -0.15) is 10.2 Å². The van der Waals surface area contributed by atoms with Crippen molar-refractivity contribution in [3.63, 3.8) is 0 Å². The first-order valence-electron chi connectivity index (χ1n) is 9.23. The fourth-order valence-electron chi connectivity index (χ4n) is 3.43. The number of nitrogens with zero attached hydrogens (tertiary/aromatic N) is 5. The highest BCUT2D eigenvalue weighted by atomic mass is 16.6. The van der Waals surface area contributed by atoms with Crippen molar-refractivity contribution in [3.05, 3.63) is 73.8 Å². The van der Waals surface area contributed by atoms with Crippen LogP contribution in [-0.4, -0.2) is 30.4 Å². The zero-order chi connectivity index (χ0) is 21.3. The molecular weight excluding hydrogens is 372 g/mol. The van der Waals surface area contributed by atoms with Crippen molar-refractivity contribution in [1.29, 1.82) is 0 Å². The Hall–Kier alpha value is -3.49. The van der Waals surface area contributed by atoms with Crippen molar-refractivity contribution < 1.29 is 9.72 Å². The molecule has 3 aromatic rings. The number of aryl methyl sites for hydroxylation is 3. The predicted octanol–water partition coefficient (Wildman–Crippen LogP) is 2.74. The zero-order valence-electron chi connectivity index (χ0n) is 17.2. The van der Waals surface area contributed by atoms with Crippen LogP contribution in [-0.2, 0) is 20.1 Å². The molecule has 0 aliphatic rings. The lowest BCUT2D eigenvalue weighted by Crippen LogP contribution is -2.23. The molecule has 1 N–H and O–H groups in total. The highest BCUT2D eigenvalue weighted by Crippen LogP contribution is 2.22. The van der Waals surface area contributed by atoms with E-state index in [0.29, 0.717) is 30.0 Å². The fourth-order valence-corrected chi connectivity index (χ4v) is 3.43. The Balaban J connectivity index is 1.75. The highest BCUT2D eigenvalue weighted by Gasteiger charge is 2.21. The number of hydrogen-bond acceptors (Lipinski definition) is 5. The lowest BCUT2D eigenvalue weighted by Gasteiger charge is -2.09. The lowest BCUT2D eigenvalue weighted by molar-refractivity contribution is -0.386. The molecule has 2 heterocycles. The van der Waals surface area contributed by atoms with Crippen LogP contribution in [0.25, 0.3) is 0 Å². The second-order valence-electron chi connectivity index (χ2n) is 7.09. The van der Waals surface area contributed by atoms with E-state index in [0.717, 1.165) is 22.5 Å². The Morgan fingerprint density at radius 1 is 1.14 bits per heavy atom. The van der Waals surface area contributed by atoms with Crippen molar-refractivity contribution in [2.24, 2.45) is 7.05 Å². The standard InChI is InChI=1S/C20H24N6O3/c1-12-18(14(3)24(5)22-12)10-21-20(27)17-8-6-7-16(9-17)11-25-15(4)19(26(28)29)13(2)23-25/h6-9H,10-11H2,1-5H3,(H,21,27). The number of amides is 1. The zero-order valence-corrected chi connectivity index (χ0v) is 17.2. The normalized spacial score (nSPS) is 10.9. The van der Waals surface area contributed by atoms with Crippen LogP contribution in [0.3, 0.4) is 0 Å². The molecule has 0 spiro atoms. The number of carbonyl (C=O) groups excluding carboxylic acids is 1. The molecule has 152 valence electrons. The van der Waals surface area contributed by atoms with E-state index in [1.54, 1.807) is 41.4 Å². The van der Waals surface area contributed by atoms with Crippen molar-refractivity contribution >= 4 is 11.6 Å². The van der Waals surface area contributed by atoms with E-state index in [-0.39, 0.29) is 11.6 Å². The SMILES string of the molecule is Cc1nn(C)c(C)c1CNC(=O)c1cccc(Cn2nc(C)c([N+](=O)[O-])c2C)c1.